The molecular formula is C31H33N2NaO6. The molecule has 9 heteroatoms. The molecule has 1 atom stereocenters. The van der Waals surface area contributed by atoms with E-state index in [1.807, 2.05) is 36.4 Å². The second-order valence-corrected chi connectivity index (χ2v) is 10.8. The minimum absolute atomic E-state index is 0. The molecule has 0 amide bonds. The van der Waals surface area contributed by atoms with Gasteiger partial charge in [-0.15, -0.1) is 0 Å². The van der Waals surface area contributed by atoms with Crippen molar-refractivity contribution in [1.29, 1.82) is 0 Å². The maximum atomic E-state index is 12.0. The van der Waals surface area contributed by atoms with E-state index in [2.05, 4.69) is 37.0 Å². The van der Waals surface area contributed by atoms with Crippen LogP contribution in [0.2, 0.25) is 0 Å². The van der Waals surface area contributed by atoms with Crippen LogP contribution >= 0.6 is 0 Å². The van der Waals surface area contributed by atoms with E-state index in [0.29, 0.717) is 26.1 Å². The number of fused-ring (bicyclic) bond motifs is 1. The summed E-state index contributed by atoms with van der Waals surface area (Å²) >= 11 is 0. The van der Waals surface area contributed by atoms with Crippen molar-refractivity contribution in [2.75, 3.05) is 6.61 Å². The first-order valence-corrected chi connectivity index (χ1v) is 13.2. The predicted octanol–water partition coefficient (Wildman–Crippen LogP) is 1.70. The van der Waals surface area contributed by atoms with E-state index in [4.69, 9.17) is 14.0 Å². The van der Waals surface area contributed by atoms with Crippen molar-refractivity contribution in [3.8, 4) is 22.6 Å². The molecule has 204 valence electrons. The summed E-state index contributed by atoms with van der Waals surface area (Å²) in [5, 5.41) is 9.90. The van der Waals surface area contributed by atoms with Crippen LogP contribution < -0.4 is 55.5 Å². The summed E-state index contributed by atoms with van der Waals surface area (Å²) in [6, 6.07) is 17.8. The van der Waals surface area contributed by atoms with Crippen LogP contribution in [0.1, 0.15) is 60.5 Å². The van der Waals surface area contributed by atoms with E-state index >= 15 is 0 Å². The smallest absolute Gasteiger partial charge is 0.493 e. The zero-order valence-corrected chi connectivity index (χ0v) is 25.7. The molecule has 0 saturated carbocycles. The van der Waals surface area contributed by atoms with Crippen LogP contribution in [0.15, 0.2) is 68.7 Å². The zero-order valence-electron chi connectivity index (χ0n) is 23.7. The number of hydrogen-bond donors (Lipinski definition) is 1. The Hall–Kier alpha value is -3.04. The second kappa shape index (κ2) is 12.2. The Morgan fingerprint density at radius 2 is 1.77 bits per heavy atom. The fourth-order valence-electron chi connectivity index (χ4n) is 5.11. The molecule has 1 N–H and O–H groups in total. The van der Waals surface area contributed by atoms with Crippen molar-refractivity contribution in [3.05, 3.63) is 103 Å². The Kier molecular flexibility index (Phi) is 9.15. The first kappa shape index (κ1) is 29.9. The van der Waals surface area contributed by atoms with E-state index in [9.17, 15) is 14.7 Å². The summed E-state index contributed by atoms with van der Waals surface area (Å²) in [6.07, 6.45) is 1.98. The standard InChI is InChI=1S/C31H34N2O6.Na/c1-19-16-23(37-15-14-31(3,4)36)9-11-25(19)26-7-5-6-22(20(26)2)18-38-24-10-12-27-21(17-24)8-13-28(27)33-29(34)32-30(35)39-33;/h5-7,9-12,16-17,28,36H,8,13-15,18H2,1-4H3,(H,32,34,35);/q;+1/p-1. The number of aromatic nitrogens is 2. The number of ether oxygens (including phenoxy) is 2. The minimum atomic E-state index is -0.868. The number of aryl methyl sites for hydroxylation is 2. The monoisotopic (exact) mass is 552 g/mol. The van der Waals surface area contributed by atoms with E-state index in [-0.39, 0.29) is 35.6 Å². The second-order valence-electron chi connectivity index (χ2n) is 10.8. The van der Waals surface area contributed by atoms with Gasteiger partial charge in [0.15, 0.2) is 5.69 Å². The van der Waals surface area contributed by atoms with Crippen molar-refractivity contribution in [2.45, 2.75) is 65.2 Å². The molecule has 0 aliphatic heterocycles. The van der Waals surface area contributed by atoms with E-state index in [0.717, 1.165) is 61.6 Å². The molecule has 0 radical (unpaired) electrons. The van der Waals surface area contributed by atoms with E-state index in [1.54, 1.807) is 13.8 Å². The number of rotatable bonds is 9. The van der Waals surface area contributed by atoms with Crippen LogP contribution in [-0.2, 0) is 13.0 Å². The van der Waals surface area contributed by atoms with Gasteiger partial charge in [-0.25, -0.2) is 4.79 Å². The molecular weight excluding hydrogens is 519 g/mol. The van der Waals surface area contributed by atoms with Gasteiger partial charge < -0.3 is 24.1 Å². The average molecular weight is 553 g/mol. The van der Waals surface area contributed by atoms with Crippen molar-refractivity contribution < 1.29 is 48.7 Å². The summed E-state index contributed by atoms with van der Waals surface area (Å²) in [7, 11) is 0. The third-order valence-corrected chi connectivity index (χ3v) is 7.31. The molecule has 40 heavy (non-hydrogen) atoms. The largest absolute Gasteiger partial charge is 1.00 e. The molecule has 3 aromatic carbocycles. The quantitative estimate of drug-likeness (QED) is 0.315. The fourth-order valence-corrected chi connectivity index (χ4v) is 5.11. The van der Waals surface area contributed by atoms with Crippen molar-refractivity contribution in [1.82, 2.24) is 9.72 Å². The molecule has 5 rings (SSSR count). The summed E-state index contributed by atoms with van der Waals surface area (Å²) < 4.78 is 18.1. The summed E-state index contributed by atoms with van der Waals surface area (Å²) in [5.74, 6) is 0.670. The van der Waals surface area contributed by atoms with Crippen LogP contribution in [0, 0.1) is 13.8 Å². The number of hydrogen-bond acceptors (Lipinski definition) is 6. The molecule has 0 saturated heterocycles. The van der Waals surface area contributed by atoms with Gasteiger partial charge in [-0.3, -0.25) is 9.53 Å². The third kappa shape index (κ3) is 6.63. The topological polar surface area (TPSA) is 105 Å². The molecule has 4 aromatic rings. The molecule has 0 spiro atoms. The fraction of sp³-hybridized carbons (Fsp3) is 0.355. The maximum Gasteiger partial charge on any atom is 1.00 e. The summed E-state index contributed by atoms with van der Waals surface area (Å²) in [6.45, 7) is 8.60. The number of benzene rings is 3. The average Bonchev–Trinajstić information content (AvgIpc) is 3.44. The van der Waals surface area contributed by atoms with Crippen LogP contribution in [0.3, 0.4) is 0 Å². The molecule has 0 fully saturated rings. The first-order chi connectivity index (χ1) is 18.6. The SMILES string of the molecule is Cc1cc(OCCC(C)(C)O)ccc1-c1cccc(COc2ccc3c(c2)CCC3n2oc(=O)[n-]c2=O)c1C.[Na+]. The molecule has 1 aliphatic carbocycles. The van der Waals surface area contributed by atoms with Crippen LogP contribution in [0.25, 0.3) is 11.1 Å². The third-order valence-electron chi connectivity index (χ3n) is 7.31. The Bertz CT molecular complexity index is 1610. The minimum Gasteiger partial charge on any atom is -0.493 e. The van der Waals surface area contributed by atoms with Crippen molar-refractivity contribution in [2.24, 2.45) is 0 Å². The predicted molar refractivity (Wildman–Crippen MR) is 148 cm³/mol. The summed E-state index contributed by atoms with van der Waals surface area (Å²) in [5.41, 5.74) is 6.23. The maximum absolute atomic E-state index is 12.0. The Balaban J connectivity index is 0.00000370. The number of nitrogens with zero attached hydrogens (tertiary/aromatic N) is 2. The number of aliphatic hydroxyl groups is 1. The molecule has 0 bridgehead atoms. The van der Waals surface area contributed by atoms with E-state index in [1.165, 1.54) is 0 Å². The van der Waals surface area contributed by atoms with Gasteiger partial charge in [0.1, 0.15) is 18.1 Å². The van der Waals surface area contributed by atoms with Gasteiger partial charge in [0.2, 0.25) is 0 Å². The zero-order chi connectivity index (χ0) is 27.7. The van der Waals surface area contributed by atoms with Crippen LogP contribution in [0.4, 0.5) is 0 Å². The molecule has 1 aliphatic rings. The normalized spacial score (nSPS) is 14.5. The summed E-state index contributed by atoms with van der Waals surface area (Å²) in [4.78, 5) is 26.6. The Labute approximate surface area is 255 Å². The first-order valence-electron chi connectivity index (χ1n) is 13.2. The van der Waals surface area contributed by atoms with Gasteiger partial charge in [-0.05, 0) is 104 Å². The van der Waals surface area contributed by atoms with Crippen LogP contribution in [-0.4, -0.2) is 22.1 Å². The van der Waals surface area contributed by atoms with Gasteiger partial charge in [-0.1, -0.05) is 30.3 Å². The molecule has 1 heterocycles. The van der Waals surface area contributed by atoms with Gasteiger partial charge in [-0.2, -0.15) is 0 Å². The van der Waals surface area contributed by atoms with Gasteiger partial charge in [0, 0.05) is 12.5 Å². The Morgan fingerprint density at radius 3 is 2.48 bits per heavy atom. The van der Waals surface area contributed by atoms with Crippen molar-refractivity contribution in [3.63, 3.8) is 0 Å². The van der Waals surface area contributed by atoms with E-state index < -0.39 is 17.0 Å². The molecule has 1 aromatic heterocycles. The Morgan fingerprint density at radius 1 is 1.02 bits per heavy atom. The van der Waals surface area contributed by atoms with Crippen LogP contribution in [0.5, 0.6) is 11.5 Å². The van der Waals surface area contributed by atoms with Gasteiger partial charge in [0.25, 0.3) is 0 Å². The van der Waals surface area contributed by atoms with Gasteiger partial charge >= 0.3 is 35.3 Å². The molecule has 1 unspecified atom stereocenters. The van der Waals surface area contributed by atoms with Crippen molar-refractivity contribution >= 4 is 0 Å². The molecule has 8 nitrogen and oxygen atoms in total. The van der Waals surface area contributed by atoms with Gasteiger partial charge in [0.05, 0.1) is 12.2 Å².